The van der Waals surface area contributed by atoms with Crippen molar-refractivity contribution in [3.8, 4) is 0 Å². The summed E-state index contributed by atoms with van der Waals surface area (Å²) in [5.41, 5.74) is 6.24. The lowest BCUT2D eigenvalue weighted by Crippen LogP contribution is -2.49. The Labute approximate surface area is 178 Å². The van der Waals surface area contributed by atoms with Gasteiger partial charge >= 0.3 is 6.09 Å². The molecule has 0 heterocycles. The van der Waals surface area contributed by atoms with Crippen molar-refractivity contribution in [2.24, 2.45) is 5.73 Å². The van der Waals surface area contributed by atoms with Gasteiger partial charge in [-0.05, 0) is 50.5 Å². The van der Waals surface area contributed by atoms with E-state index in [0.717, 1.165) is 17.5 Å². The van der Waals surface area contributed by atoms with Crippen LogP contribution in [0, 0.1) is 0 Å². The van der Waals surface area contributed by atoms with Crippen LogP contribution in [0.3, 0.4) is 0 Å². The summed E-state index contributed by atoms with van der Waals surface area (Å²) in [7, 11) is -3.74. The van der Waals surface area contributed by atoms with Gasteiger partial charge in [0.25, 0.3) is 0 Å². The third-order valence-corrected chi connectivity index (χ3v) is 7.77. The predicted molar refractivity (Wildman–Crippen MR) is 117 cm³/mol. The standard InChI is InChI=1S/C23H30N2O4S/c1-5-16-11-13-17(14-12-16)19-20(30(27,28)18-9-7-6-8-10-18)23(19,15-24)25-21(26)29-22(2,3)4/h6-14,19-20H,5,15,24H2,1-4H3,(H,25,26)/t19-,20-,23-/m0/s1. The molecule has 1 fully saturated rings. The number of alkyl carbamates (subject to hydrolysis) is 1. The zero-order chi connectivity index (χ0) is 22.2. The van der Waals surface area contributed by atoms with Gasteiger partial charge in [-0.3, -0.25) is 0 Å². The maximum absolute atomic E-state index is 13.5. The average Bonchev–Trinajstić information content (AvgIpc) is 3.36. The second kappa shape index (κ2) is 8.04. The Morgan fingerprint density at radius 1 is 1.10 bits per heavy atom. The molecule has 3 N–H and O–H groups in total. The van der Waals surface area contributed by atoms with Gasteiger partial charge in [0.2, 0.25) is 0 Å². The third kappa shape index (κ3) is 4.23. The molecular formula is C23H30N2O4S. The molecule has 1 amide bonds. The highest BCUT2D eigenvalue weighted by molar-refractivity contribution is 7.92. The number of ether oxygens (including phenoxy) is 1. The van der Waals surface area contributed by atoms with Crippen molar-refractivity contribution in [2.75, 3.05) is 6.54 Å². The number of hydrogen-bond acceptors (Lipinski definition) is 5. The van der Waals surface area contributed by atoms with Crippen LogP contribution in [0.5, 0.6) is 0 Å². The molecule has 6 nitrogen and oxygen atoms in total. The Morgan fingerprint density at radius 3 is 2.20 bits per heavy atom. The fraction of sp³-hybridized carbons (Fsp3) is 0.435. The van der Waals surface area contributed by atoms with E-state index in [4.69, 9.17) is 10.5 Å². The van der Waals surface area contributed by atoms with E-state index in [0.29, 0.717) is 0 Å². The second-order valence-corrected chi connectivity index (χ2v) is 10.8. The van der Waals surface area contributed by atoms with Crippen LogP contribution in [-0.2, 0) is 21.0 Å². The molecule has 162 valence electrons. The molecule has 3 atom stereocenters. The molecule has 7 heteroatoms. The Kier molecular flexibility index (Phi) is 5.98. The van der Waals surface area contributed by atoms with E-state index < -0.39 is 38.2 Å². The summed E-state index contributed by atoms with van der Waals surface area (Å²) in [6.45, 7) is 7.31. The van der Waals surface area contributed by atoms with Crippen molar-refractivity contribution >= 4 is 15.9 Å². The van der Waals surface area contributed by atoms with Crippen molar-refractivity contribution in [1.82, 2.24) is 5.32 Å². The Hall–Kier alpha value is -2.38. The predicted octanol–water partition coefficient (Wildman–Crippen LogP) is 3.41. The minimum atomic E-state index is -3.74. The summed E-state index contributed by atoms with van der Waals surface area (Å²) in [4.78, 5) is 12.8. The van der Waals surface area contributed by atoms with Crippen LogP contribution < -0.4 is 11.1 Å². The van der Waals surface area contributed by atoms with Crippen LogP contribution in [0.2, 0.25) is 0 Å². The molecule has 2 aromatic rings. The first-order chi connectivity index (χ1) is 14.0. The van der Waals surface area contributed by atoms with Crippen molar-refractivity contribution in [1.29, 1.82) is 0 Å². The number of aryl methyl sites for hydroxylation is 1. The van der Waals surface area contributed by atoms with Gasteiger partial charge in [0.1, 0.15) is 10.9 Å². The number of sulfone groups is 1. The Morgan fingerprint density at radius 2 is 1.70 bits per heavy atom. The lowest BCUT2D eigenvalue weighted by Gasteiger charge is -2.24. The average molecular weight is 431 g/mol. The number of carbonyl (C=O) groups excluding carboxylic acids is 1. The minimum Gasteiger partial charge on any atom is -0.444 e. The molecule has 1 aliphatic carbocycles. The zero-order valence-electron chi connectivity index (χ0n) is 17.9. The highest BCUT2D eigenvalue weighted by atomic mass is 32.2. The number of amides is 1. The van der Waals surface area contributed by atoms with Gasteiger partial charge in [-0.15, -0.1) is 0 Å². The summed E-state index contributed by atoms with van der Waals surface area (Å²) in [6.07, 6.45) is 0.211. The third-order valence-electron chi connectivity index (χ3n) is 5.48. The van der Waals surface area contributed by atoms with E-state index in [1.54, 1.807) is 51.1 Å². The van der Waals surface area contributed by atoms with Crippen molar-refractivity contribution in [2.45, 2.75) is 61.3 Å². The van der Waals surface area contributed by atoms with Gasteiger partial charge in [0.15, 0.2) is 9.84 Å². The van der Waals surface area contributed by atoms with Gasteiger partial charge in [-0.25, -0.2) is 13.2 Å². The van der Waals surface area contributed by atoms with Gasteiger partial charge in [-0.1, -0.05) is 49.4 Å². The normalized spacial score (nSPS) is 23.6. The Bertz CT molecular complexity index is 998. The molecule has 0 spiro atoms. The number of rotatable bonds is 6. The zero-order valence-corrected chi connectivity index (χ0v) is 18.7. The molecule has 1 aliphatic rings. The van der Waals surface area contributed by atoms with Crippen LogP contribution >= 0.6 is 0 Å². The van der Waals surface area contributed by atoms with Gasteiger partial charge in [0.05, 0.1) is 10.4 Å². The summed E-state index contributed by atoms with van der Waals surface area (Å²) in [5.74, 6) is -0.467. The molecule has 2 aromatic carbocycles. The summed E-state index contributed by atoms with van der Waals surface area (Å²) in [5, 5.41) is 1.93. The first kappa shape index (κ1) is 22.3. The molecule has 0 aromatic heterocycles. The molecule has 3 rings (SSSR count). The largest absolute Gasteiger partial charge is 0.444 e. The molecule has 30 heavy (non-hydrogen) atoms. The minimum absolute atomic E-state index is 0.0246. The Balaban J connectivity index is 2.02. The van der Waals surface area contributed by atoms with Crippen LogP contribution in [0.15, 0.2) is 59.5 Å². The van der Waals surface area contributed by atoms with Gasteiger partial charge in [-0.2, -0.15) is 0 Å². The smallest absolute Gasteiger partial charge is 0.408 e. The van der Waals surface area contributed by atoms with Gasteiger partial charge in [0, 0.05) is 12.5 Å². The van der Waals surface area contributed by atoms with Crippen LogP contribution in [0.1, 0.15) is 44.7 Å². The summed E-state index contributed by atoms with van der Waals surface area (Å²) < 4.78 is 32.4. The van der Waals surface area contributed by atoms with Crippen molar-refractivity contribution in [3.05, 3.63) is 65.7 Å². The maximum atomic E-state index is 13.5. The fourth-order valence-corrected chi connectivity index (χ4v) is 6.35. The first-order valence-electron chi connectivity index (χ1n) is 10.1. The first-order valence-corrected chi connectivity index (χ1v) is 11.7. The van der Waals surface area contributed by atoms with Crippen LogP contribution in [0.25, 0.3) is 0 Å². The number of nitrogens with two attached hydrogens (primary N) is 1. The van der Waals surface area contributed by atoms with E-state index in [1.165, 1.54) is 0 Å². The SMILES string of the molecule is CCc1ccc([C@H]2[C@H](S(=O)(=O)c3ccccc3)[C@@]2(CN)NC(=O)OC(C)(C)C)cc1. The number of carbonyl (C=O) groups is 1. The topological polar surface area (TPSA) is 98.5 Å². The molecule has 0 unspecified atom stereocenters. The fourth-order valence-electron chi connectivity index (χ4n) is 3.99. The molecule has 0 radical (unpaired) electrons. The highest BCUT2D eigenvalue weighted by Gasteiger charge is 2.71. The van der Waals surface area contributed by atoms with Crippen molar-refractivity contribution in [3.63, 3.8) is 0 Å². The van der Waals surface area contributed by atoms with Crippen LogP contribution in [-0.4, -0.2) is 37.4 Å². The number of benzene rings is 2. The lowest BCUT2D eigenvalue weighted by atomic mass is 10.0. The number of nitrogens with one attached hydrogen (secondary N) is 1. The number of hydrogen-bond donors (Lipinski definition) is 2. The van der Waals surface area contributed by atoms with E-state index in [1.807, 2.05) is 24.3 Å². The summed E-state index contributed by atoms with van der Waals surface area (Å²) >= 11 is 0. The quantitative estimate of drug-likeness (QED) is 0.732. The highest BCUT2D eigenvalue weighted by Crippen LogP contribution is 2.57. The van der Waals surface area contributed by atoms with E-state index in [9.17, 15) is 13.2 Å². The van der Waals surface area contributed by atoms with Crippen molar-refractivity contribution < 1.29 is 17.9 Å². The molecule has 0 bridgehead atoms. The monoisotopic (exact) mass is 430 g/mol. The van der Waals surface area contributed by atoms with E-state index in [2.05, 4.69) is 12.2 Å². The summed E-state index contributed by atoms with van der Waals surface area (Å²) in [6, 6.07) is 16.1. The van der Waals surface area contributed by atoms with Crippen LogP contribution in [0.4, 0.5) is 4.79 Å². The second-order valence-electron chi connectivity index (χ2n) is 8.72. The molecular weight excluding hydrogens is 400 g/mol. The molecule has 0 saturated heterocycles. The molecule has 1 saturated carbocycles. The lowest BCUT2D eigenvalue weighted by molar-refractivity contribution is 0.0497. The van der Waals surface area contributed by atoms with Gasteiger partial charge < -0.3 is 15.8 Å². The molecule has 0 aliphatic heterocycles. The van der Waals surface area contributed by atoms with E-state index >= 15 is 0 Å². The maximum Gasteiger partial charge on any atom is 0.408 e. The van der Waals surface area contributed by atoms with E-state index in [-0.39, 0.29) is 11.4 Å².